The molecule has 0 atom stereocenters. The zero-order chi connectivity index (χ0) is 7.73. The first-order valence-electron chi connectivity index (χ1n) is 2.55. The molecule has 3 nitrogen and oxygen atoms in total. The second kappa shape index (κ2) is 1.80. The third-order valence-electron chi connectivity index (χ3n) is 0.836. The van der Waals surface area contributed by atoms with E-state index < -0.39 is 9.07 Å². The summed E-state index contributed by atoms with van der Waals surface area (Å²) in [6, 6.07) is 0. The lowest BCUT2D eigenvalue weighted by Crippen LogP contribution is -2.43. The van der Waals surface area contributed by atoms with E-state index in [0.29, 0.717) is 0 Å². The average Bonchev–Trinajstić information content (AvgIpc) is 1.60. The van der Waals surface area contributed by atoms with Crippen LogP contribution in [0.5, 0.6) is 0 Å². The summed E-state index contributed by atoms with van der Waals surface area (Å²) in [7, 11) is -1.51. The van der Waals surface area contributed by atoms with Gasteiger partial charge in [0.15, 0.2) is 0 Å². The van der Waals surface area contributed by atoms with Gasteiger partial charge in [0.25, 0.3) is 5.24 Å². The van der Waals surface area contributed by atoms with Crippen LogP contribution in [0.15, 0.2) is 0 Å². The van der Waals surface area contributed by atoms with Crippen molar-refractivity contribution in [3.8, 4) is 0 Å². The highest BCUT2D eigenvalue weighted by Gasteiger charge is 2.26. The molecule has 0 aliphatic carbocycles. The zero-order valence-electron chi connectivity index (χ0n) is 6.22. The SMILES string of the molecule is CNC(=O)S(C)(C)(C)=O. The van der Waals surface area contributed by atoms with E-state index in [1.165, 1.54) is 25.8 Å². The molecule has 0 aliphatic heterocycles. The van der Waals surface area contributed by atoms with Crippen molar-refractivity contribution in [3.63, 3.8) is 0 Å². The molecule has 9 heavy (non-hydrogen) atoms. The van der Waals surface area contributed by atoms with E-state index in [1.807, 2.05) is 0 Å². The van der Waals surface area contributed by atoms with Gasteiger partial charge in [0.05, 0.1) is 0 Å². The molecule has 0 aliphatic rings. The number of hydrogen-bond acceptors (Lipinski definition) is 2. The molecule has 0 bridgehead atoms. The number of amides is 1. The van der Waals surface area contributed by atoms with Gasteiger partial charge < -0.3 is 5.32 Å². The summed E-state index contributed by atoms with van der Waals surface area (Å²) in [5.41, 5.74) is 0. The highest BCUT2D eigenvalue weighted by Crippen LogP contribution is 2.11. The summed E-state index contributed by atoms with van der Waals surface area (Å²) in [5.74, 6) is 0. The van der Waals surface area contributed by atoms with Crippen molar-refractivity contribution in [2.75, 3.05) is 25.8 Å². The Kier molecular flexibility index (Phi) is 1.72. The second-order valence-electron chi connectivity index (χ2n) is 2.96. The topological polar surface area (TPSA) is 46.2 Å². The molecule has 0 aromatic heterocycles. The summed E-state index contributed by atoms with van der Waals surface area (Å²) in [5, 5.41) is 1.96. The van der Waals surface area contributed by atoms with Crippen LogP contribution in [-0.4, -0.2) is 35.3 Å². The molecule has 56 valence electrons. The Morgan fingerprint density at radius 2 is 1.67 bits per heavy atom. The van der Waals surface area contributed by atoms with Crippen molar-refractivity contribution in [2.45, 2.75) is 0 Å². The van der Waals surface area contributed by atoms with Crippen LogP contribution in [0, 0.1) is 0 Å². The summed E-state index contributed by atoms with van der Waals surface area (Å²) < 4.78 is 11.3. The maximum absolute atomic E-state index is 11.3. The fourth-order valence-corrected chi connectivity index (χ4v) is 1.04. The van der Waals surface area contributed by atoms with Crippen LogP contribution in [0.1, 0.15) is 0 Å². The monoisotopic (exact) mass is 151 g/mol. The molecule has 0 rings (SSSR count). The molecule has 0 fully saturated rings. The van der Waals surface area contributed by atoms with Crippen LogP contribution in [0.3, 0.4) is 0 Å². The first kappa shape index (κ1) is 8.62. The highest BCUT2D eigenvalue weighted by atomic mass is 32.3. The van der Waals surface area contributed by atoms with Crippen LogP contribution in [0.25, 0.3) is 0 Å². The highest BCUT2D eigenvalue weighted by molar-refractivity contribution is 8.30. The van der Waals surface area contributed by atoms with E-state index in [0.717, 1.165) is 0 Å². The molecule has 0 saturated carbocycles. The molecule has 0 heterocycles. The van der Waals surface area contributed by atoms with E-state index in [9.17, 15) is 9.00 Å². The maximum atomic E-state index is 11.3. The lowest BCUT2D eigenvalue weighted by Gasteiger charge is -2.24. The normalized spacial score (nSPS) is 15.8. The predicted octanol–water partition coefficient (Wildman–Crippen LogP) is 0.0353. The van der Waals surface area contributed by atoms with Gasteiger partial charge >= 0.3 is 0 Å². The molecule has 0 aromatic rings. The van der Waals surface area contributed by atoms with E-state index in [1.54, 1.807) is 0 Å². The van der Waals surface area contributed by atoms with Crippen LogP contribution in [0.2, 0.25) is 0 Å². The van der Waals surface area contributed by atoms with Crippen molar-refractivity contribution in [2.24, 2.45) is 0 Å². The van der Waals surface area contributed by atoms with Crippen molar-refractivity contribution in [1.29, 1.82) is 0 Å². The van der Waals surface area contributed by atoms with Gasteiger partial charge in [-0.2, -0.15) is 0 Å². The van der Waals surface area contributed by atoms with Gasteiger partial charge in [-0.3, -0.25) is 9.00 Å². The fourth-order valence-electron chi connectivity index (χ4n) is 0.348. The summed E-state index contributed by atoms with van der Waals surface area (Å²) in [6.07, 6.45) is 4.36. The Labute approximate surface area is 55.2 Å². The third-order valence-corrected chi connectivity index (χ3v) is 2.30. The second-order valence-corrected chi connectivity index (χ2v) is 8.17. The molecular weight excluding hydrogens is 138 g/mol. The van der Waals surface area contributed by atoms with E-state index in [-0.39, 0.29) is 5.24 Å². The van der Waals surface area contributed by atoms with Crippen LogP contribution < -0.4 is 5.32 Å². The largest absolute Gasteiger partial charge is 0.349 e. The Bertz CT molecular complexity index is 180. The zero-order valence-corrected chi connectivity index (χ0v) is 7.04. The molecule has 0 spiro atoms. The molecule has 0 unspecified atom stereocenters. The minimum absolute atomic E-state index is 0.382. The average molecular weight is 151 g/mol. The molecule has 4 heteroatoms. The molecule has 0 saturated heterocycles. The maximum Gasteiger partial charge on any atom is 0.287 e. The minimum atomic E-state index is -2.99. The number of nitrogens with one attached hydrogen (secondary N) is 1. The third kappa shape index (κ3) is 2.60. The Morgan fingerprint density at radius 3 is 1.67 bits per heavy atom. The number of hydrogen-bond donors (Lipinski definition) is 1. The van der Waals surface area contributed by atoms with Gasteiger partial charge in [0, 0.05) is 7.05 Å². The molecule has 1 N–H and O–H groups in total. The minimum Gasteiger partial charge on any atom is -0.349 e. The van der Waals surface area contributed by atoms with Gasteiger partial charge in [-0.05, 0) is 27.8 Å². The van der Waals surface area contributed by atoms with Gasteiger partial charge in [0.2, 0.25) is 0 Å². The van der Waals surface area contributed by atoms with Gasteiger partial charge in [-0.15, -0.1) is 0 Å². The van der Waals surface area contributed by atoms with Crippen LogP contribution in [0.4, 0.5) is 4.79 Å². The summed E-state index contributed by atoms with van der Waals surface area (Å²) in [4.78, 5) is 10.8. The molecular formula is C5H13NO2S. The first-order valence-corrected chi connectivity index (χ1v) is 5.74. The standard InChI is InChI=1S/C5H13NO2S/c1-6-5(7)9(2,3,4)8/h1-4H3,(H,6,7). The van der Waals surface area contributed by atoms with E-state index in [4.69, 9.17) is 0 Å². The van der Waals surface area contributed by atoms with Gasteiger partial charge in [-0.1, -0.05) is 0 Å². The number of carbonyl (C=O) groups is 1. The first-order chi connectivity index (χ1) is 3.74. The van der Waals surface area contributed by atoms with Crippen molar-refractivity contribution in [3.05, 3.63) is 0 Å². The Hall–Kier alpha value is -0.380. The van der Waals surface area contributed by atoms with Gasteiger partial charge in [-0.25, -0.2) is 0 Å². The van der Waals surface area contributed by atoms with Crippen molar-refractivity contribution < 1.29 is 9.00 Å². The van der Waals surface area contributed by atoms with Gasteiger partial charge in [0.1, 0.15) is 0 Å². The lowest BCUT2D eigenvalue weighted by atomic mass is 11.2. The van der Waals surface area contributed by atoms with E-state index in [2.05, 4.69) is 5.32 Å². The number of carbonyl (C=O) groups excluding carboxylic acids is 1. The number of rotatable bonds is 0. The van der Waals surface area contributed by atoms with Crippen molar-refractivity contribution in [1.82, 2.24) is 5.32 Å². The molecule has 0 radical (unpaired) electrons. The summed E-state index contributed by atoms with van der Waals surface area (Å²) >= 11 is 0. The quantitative estimate of drug-likeness (QED) is 0.531. The van der Waals surface area contributed by atoms with E-state index >= 15 is 0 Å². The van der Waals surface area contributed by atoms with Crippen molar-refractivity contribution >= 4 is 14.3 Å². The predicted molar refractivity (Wildman–Crippen MR) is 40.4 cm³/mol. The smallest absolute Gasteiger partial charge is 0.287 e. The Morgan fingerprint density at radius 1 is 1.33 bits per heavy atom. The summed E-state index contributed by atoms with van der Waals surface area (Å²) in [6.45, 7) is 0. The van der Waals surface area contributed by atoms with Crippen LogP contribution in [-0.2, 0) is 9.07 Å². The lowest BCUT2D eigenvalue weighted by molar-refractivity contribution is 0.260. The Balaban J connectivity index is 4.58. The molecule has 1 amide bonds. The molecule has 0 aromatic carbocycles. The van der Waals surface area contributed by atoms with Crippen LogP contribution >= 0.6 is 0 Å². The fraction of sp³-hybridized carbons (Fsp3) is 0.800.